The number of nitrogens with one attached hydrogen (secondary N) is 2. The minimum absolute atomic E-state index is 0. The summed E-state index contributed by atoms with van der Waals surface area (Å²) in [6, 6.07) is 8.03. The molecule has 0 radical (unpaired) electrons. The number of guanidine groups is 1. The van der Waals surface area contributed by atoms with E-state index in [1.165, 1.54) is 5.56 Å². The molecule has 0 spiro atoms. The maximum Gasteiger partial charge on any atom is 0.211 e. The Hall–Kier alpha value is -0.870. The topological polar surface area (TPSA) is 96.6 Å². The minimum atomic E-state index is -3.13. The van der Waals surface area contributed by atoms with Crippen molar-refractivity contribution in [3.8, 4) is 0 Å². The van der Waals surface area contributed by atoms with Crippen molar-refractivity contribution in [1.29, 1.82) is 0 Å². The average molecular weight is 454 g/mol. The number of nitrogens with two attached hydrogens (primary N) is 1. The SMILES string of the molecule is CCS(=O)(=O)NCCCN=C(N)Nc1cccc(C(C)C)c1.I. The Morgan fingerprint density at radius 1 is 1.35 bits per heavy atom. The lowest BCUT2D eigenvalue weighted by molar-refractivity contribution is 0.581. The lowest BCUT2D eigenvalue weighted by Gasteiger charge is -2.10. The van der Waals surface area contributed by atoms with Gasteiger partial charge in [0.15, 0.2) is 5.96 Å². The van der Waals surface area contributed by atoms with Crippen LogP contribution in [0.25, 0.3) is 0 Å². The summed E-state index contributed by atoms with van der Waals surface area (Å²) in [5.74, 6) is 0.873. The number of benzene rings is 1. The van der Waals surface area contributed by atoms with Gasteiger partial charge in [0.25, 0.3) is 0 Å². The Kier molecular flexibility index (Phi) is 10.4. The van der Waals surface area contributed by atoms with Crippen LogP contribution in [0.2, 0.25) is 0 Å². The molecule has 0 aromatic heterocycles. The van der Waals surface area contributed by atoms with Gasteiger partial charge in [0.1, 0.15) is 0 Å². The smallest absolute Gasteiger partial charge is 0.211 e. The van der Waals surface area contributed by atoms with Gasteiger partial charge >= 0.3 is 0 Å². The molecule has 132 valence electrons. The van der Waals surface area contributed by atoms with Crippen LogP contribution >= 0.6 is 24.0 Å². The molecule has 4 N–H and O–H groups in total. The predicted molar refractivity (Wildman–Crippen MR) is 108 cm³/mol. The number of anilines is 1. The molecule has 1 aromatic rings. The fraction of sp³-hybridized carbons (Fsp3) is 0.533. The van der Waals surface area contributed by atoms with E-state index in [1.54, 1.807) is 6.92 Å². The van der Waals surface area contributed by atoms with E-state index in [2.05, 4.69) is 34.9 Å². The lowest BCUT2D eigenvalue weighted by Crippen LogP contribution is -2.27. The van der Waals surface area contributed by atoms with E-state index in [9.17, 15) is 8.42 Å². The van der Waals surface area contributed by atoms with Crippen LogP contribution in [-0.4, -0.2) is 33.2 Å². The number of hydrogen-bond acceptors (Lipinski definition) is 3. The molecule has 0 aliphatic carbocycles. The highest BCUT2D eigenvalue weighted by atomic mass is 127. The van der Waals surface area contributed by atoms with Crippen molar-refractivity contribution in [2.75, 3.05) is 24.2 Å². The molecule has 0 unspecified atom stereocenters. The highest BCUT2D eigenvalue weighted by Gasteiger charge is 2.04. The zero-order valence-electron chi connectivity index (χ0n) is 13.9. The van der Waals surface area contributed by atoms with Gasteiger partial charge in [0, 0.05) is 18.8 Å². The molecule has 0 atom stereocenters. The number of nitrogens with zero attached hydrogens (tertiary/aromatic N) is 1. The van der Waals surface area contributed by atoms with Crippen molar-refractivity contribution >= 4 is 45.6 Å². The second-order valence-electron chi connectivity index (χ2n) is 5.32. The zero-order chi connectivity index (χ0) is 16.6. The number of sulfonamides is 1. The van der Waals surface area contributed by atoms with Crippen LogP contribution in [-0.2, 0) is 10.0 Å². The van der Waals surface area contributed by atoms with Crippen molar-refractivity contribution < 1.29 is 8.42 Å². The van der Waals surface area contributed by atoms with Crippen LogP contribution in [0.3, 0.4) is 0 Å². The quantitative estimate of drug-likeness (QED) is 0.243. The van der Waals surface area contributed by atoms with Gasteiger partial charge in [0.05, 0.1) is 5.75 Å². The lowest BCUT2D eigenvalue weighted by atomic mass is 10.0. The van der Waals surface area contributed by atoms with Gasteiger partial charge in [0.2, 0.25) is 10.0 Å². The monoisotopic (exact) mass is 454 g/mol. The molecule has 23 heavy (non-hydrogen) atoms. The minimum Gasteiger partial charge on any atom is -0.370 e. The van der Waals surface area contributed by atoms with E-state index in [-0.39, 0.29) is 29.7 Å². The van der Waals surface area contributed by atoms with Gasteiger partial charge in [-0.2, -0.15) is 0 Å². The fourth-order valence-electron chi connectivity index (χ4n) is 1.77. The summed E-state index contributed by atoms with van der Waals surface area (Å²) >= 11 is 0. The molecule has 0 fully saturated rings. The maximum atomic E-state index is 11.2. The van der Waals surface area contributed by atoms with E-state index < -0.39 is 10.0 Å². The highest BCUT2D eigenvalue weighted by Crippen LogP contribution is 2.18. The molecule has 0 saturated heterocycles. The first kappa shape index (κ1) is 22.1. The van der Waals surface area contributed by atoms with Crippen LogP contribution in [0.15, 0.2) is 29.3 Å². The first-order valence-electron chi connectivity index (χ1n) is 7.48. The molecule has 6 nitrogen and oxygen atoms in total. The Balaban J connectivity index is 0.00000484. The summed E-state index contributed by atoms with van der Waals surface area (Å²) in [6.07, 6.45) is 0.605. The van der Waals surface area contributed by atoms with Gasteiger partial charge in [-0.1, -0.05) is 26.0 Å². The van der Waals surface area contributed by atoms with Gasteiger partial charge in [-0.05, 0) is 37.0 Å². The summed E-state index contributed by atoms with van der Waals surface area (Å²) in [7, 11) is -3.13. The molecule has 1 rings (SSSR count). The zero-order valence-corrected chi connectivity index (χ0v) is 17.0. The van der Waals surface area contributed by atoms with Crippen molar-refractivity contribution in [2.24, 2.45) is 10.7 Å². The van der Waals surface area contributed by atoms with E-state index >= 15 is 0 Å². The Bertz CT molecular complexity index is 603. The van der Waals surface area contributed by atoms with Crippen molar-refractivity contribution in [3.63, 3.8) is 0 Å². The largest absolute Gasteiger partial charge is 0.370 e. The van der Waals surface area contributed by atoms with E-state index in [0.29, 0.717) is 31.4 Å². The first-order valence-corrected chi connectivity index (χ1v) is 9.13. The maximum absolute atomic E-state index is 11.2. The van der Waals surface area contributed by atoms with Gasteiger partial charge in [-0.25, -0.2) is 13.1 Å². The molecular weight excluding hydrogens is 427 g/mol. The average Bonchev–Trinajstić information content (AvgIpc) is 2.47. The van der Waals surface area contributed by atoms with Crippen LogP contribution < -0.4 is 15.8 Å². The molecule has 0 heterocycles. The summed E-state index contributed by atoms with van der Waals surface area (Å²) in [6.45, 7) is 6.71. The highest BCUT2D eigenvalue weighted by molar-refractivity contribution is 14.0. The molecule has 8 heteroatoms. The summed E-state index contributed by atoms with van der Waals surface area (Å²) < 4.78 is 25.0. The van der Waals surface area contributed by atoms with Crippen LogP contribution in [0, 0.1) is 0 Å². The van der Waals surface area contributed by atoms with Crippen molar-refractivity contribution in [2.45, 2.75) is 33.1 Å². The number of aliphatic imine (C=N–C) groups is 1. The molecule has 0 saturated carbocycles. The number of rotatable bonds is 8. The van der Waals surface area contributed by atoms with E-state index in [0.717, 1.165) is 5.69 Å². The fourth-order valence-corrected chi connectivity index (χ4v) is 2.43. The van der Waals surface area contributed by atoms with Crippen molar-refractivity contribution in [3.05, 3.63) is 29.8 Å². The summed E-state index contributed by atoms with van der Waals surface area (Å²) in [5.41, 5.74) is 7.96. The molecule has 1 aromatic carbocycles. The van der Waals surface area contributed by atoms with Crippen molar-refractivity contribution in [1.82, 2.24) is 4.72 Å². The van der Waals surface area contributed by atoms with E-state index in [1.807, 2.05) is 18.2 Å². The second kappa shape index (κ2) is 10.8. The van der Waals surface area contributed by atoms with Gasteiger partial charge < -0.3 is 11.1 Å². The third-order valence-electron chi connectivity index (χ3n) is 3.14. The van der Waals surface area contributed by atoms with Gasteiger partial charge in [-0.3, -0.25) is 4.99 Å². The summed E-state index contributed by atoms with van der Waals surface area (Å²) in [5, 5.41) is 3.04. The summed E-state index contributed by atoms with van der Waals surface area (Å²) in [4.78, 5) is 4.19. The third-order valence-corrected chi connectivity index (χ3v) is 4.55. The first-order chi connectivity index (χ1) is 10.3. The van der Waals surface area contributed by atoms with Crippen LogP contribution in [0.1, 0.15) is 38.7 Å². The molecule has 0 aliphatic rings. The van der Waals surface area contributed by atoms with Crippen LogP contribution in [0.4, 0.5) is 5.69 Å². The Morgan fingerprint density at radius 3 is 2.65 bits per heavy atom. The Morgan fingerprint density at radius 2 is 2.04 bits per heavy atom. The third kappa shape index (κ3) is 9.11. The Labute approximate surface area is 156 Å². The predicted octanol–water partition coefficient (Wildman–Crippen LogP) is 2.48. The van der Waals surface area contributed by atoms with Gasteiger partial charge in [-0.15, -0.1) is 24.0 Å². The normalized spacial score (nSPS) is 12.1. The number of hydrogen-bond donors (Lipinski definition) is 3. The number of halogens is 1. The van der Waals surface area contributed by atoms with Crippen LogP contribution in [0.5, 0.6) is 0 Å². The standard InChI is InChI=1S/C15H26N4O2S.HI/c1-4-22(20,21)18-10-6-9-17-15(16)19-14-8-5-7-13(11-14)12(2)3;/h5,7-8,11-12,18H,4,6,9-10H2,1-3H3,(H3,16,17,19);1H. The van der Waals surface area contributed by atoms with E-state index in [4.69, 9.17) is 5.73 Å². The molecule has 0 bridgehead atoms. The molecular formula is C15H27IN4O2S. The molecule has 0 aliphatic heterocycles. The molecule has 0 amide bonds. The second-order valence-corrected chi connectivity index (χ2v) is 7.42.